The first-order valence-corrected chi connectivity index (χ1v) is 9.98. The smallest absolute Gasteiger partial charge is 0.243 e. The standard InChI is InChI=1S/C21H25ClN2O2S/c1-13-10-14(2)20(15(3)11-13)23-19(25)12-24(5)21(26)16(4)27-18-8-6-17(22)7-9-18/h6-11,16H,12H2,1-5H3,(H,23,25). The van der Waals surface area contributed by atoms with Gasteiger partial charge in [0.2, 0.25) is 11.8 Å². The minimum absolute atomic E-state index is 0.0110. The number of halogens is 1. The van der Waals surface area contributed by atoms with Crippen molar-refractivity contribution in [3.8, 4) is 0 Å². The van der Waals surface area contributed by atoms with Crippen LogP contribution < -0.4 is 5.32 Å². The number of carbonyl (C=O) groups excluding carboxylic acids is 2. The zero-order valence-electron chi connectivity index (χ0n) is 16.3. The van der Waals surface area contributed by atoms with Crippen LogP contribution in [0.25, 0.3) is 0 Å². The van der Waals surface area contributed by atoms with E-state index >= 15 is 0 Å². The summed E-state index contributed by atoms with van der Waals surface area (Å²) in [6.07, 6.45) is 0. The summed E-state index contributed by atoms with van der Waals surface area (Å²) in [5.41, 5.74) is 4.00. The lowest BCUT2D eigenvalue weighted by Gasteiger charge is -2.21. The maximum absolute atomic E-state index is 12.6. The van der Waals surface area contributed by atoms with Gasteiger partial charge in [-0.25, -0.2) is 0 Å². The molecule has 2 amide bonds. The normalized spacial score (nSPS) is 11.8. The summed E-state index contributed by atoms with van der Waals surface area (Å²) in [4.78, 5) is 27.4. The molecule has 144 valence electrons. The average Bonchev–Trinajstić information content (AvgIpc) is 2.59. The van der Waals surface area contributed by atoms with Crippen molar-refractivity contribution in [3.05, 3.63) is 58.1 Å². The van der Waals surface area contributed by atoms with Crippen LogP contribution in [0.2, 0.25) is 5.02 Å². The van der Waals surface area contributed by atoms with Gasteiger partial charge in [-0.15, -0.1) is 11.8 Å². The van der Waals surface area contributed by atoms with Crippen LogP contribution in [0.5, 0.6) is 0 Å². The van der Waals surface area contributed by atoms with Gasteiger partial charge in [0.05, 0.1) is 11.8 Å². The van der Waals surface area contributed by atoms with Gasteiger partial charge in [0, 0.05) is 22.7 Å². The first-order valence-electron chi connectivity index (χ1n) is 8.72. The largest absolute Gasteiger partial charge is 0.335 e. The highest BCUT2D eigenvalue weighted by atomic mass is 35.5. The number of benzene rings is 2. The predicted molar refractivity (Wildman–Crippen MR) is 114 cm³/mol. The minimum atomic E-state index is -0.299. The van der Waals surface area contributed by atoms with Gasteiger partial charge in [-0.3, -0.25) is 9.59 Å². The van der Waals surface area contributed by atoms with Crippen LogP contribution in [0, 0.1) is 20.8 Å². The molecule has 0 aromatic heterocycles. The Morgan fingerprint density at radius 3 is 2.22 bits per heavy atom. The molecule has 2 rings (SSSR count). The lowest BCUT2D eigenvalue weighted by molar-refractivity contribution is -0.132. The molecule has 0 aliphatic rings. The first-order chi connectivity index (χ1) is 12.7. The maximum atomic E-state index is 12.6. The SMILES string of the molecule is Cc1cc(C)c(NC(=O)CN(C)C(=O)C(C)Sc2ccc(Cl)cc2)c(C)c1. The van der Waals surface area contributed by atoms with Gasteiger partial charge in [-0.05, 0) is 63.1 Å². The van der Waals surface area contributed by atoms with E-state index in [1.165, 1.54) is 16.7 Å². The molecule has 4 nitrogen and oxygen atoms in total. The molecule has 0 fully saturated rings. The van der Waals surface area contributed by atoms with Crippen molar-refractivity contribution in [1.29, 1.82) is 0 Å². The second kappa shape index (κ2) is 9.29. The average molecular weight is 405 g/mol. The number of amides is 2. The van der Waals surface area contributed by atoms with Crippen molar-refractivity contribution in [2.45, 2.75) is 37.8 Å². The predicted octanol–water partition coefficient (Wildman–Crippen LogP) is 4.84. The summed E-state index contributed by atoms with van der Waals surface area (Å²) in [5, 5.41) is 3.29. The van der Waals surface area contributed by atoms with E-state index < -0.39 is 0 Å². The van der Waals surface area contributed by atoms with E-state index in [0.29, 0.717) is 5.02 Å². The number of hydrogen-bond acceptors (Lipinski definition) is 3. The van der Waals surface area contributed by atoms with Crippen LogP contribution in [-0.4, -0.2) is 35.6 Å². The van der Waals surface area contributed by atoms with Crippen LogP contribution in [0.15, 0.2) is 41.3 Å². The molecule has 0 saturated carbocycles. The van der Waals surface area contributed by atoms with Gasteiger partial charge >= 0.3 is 0 Å². The van der Waals surface area contributed by atoms with Gasteiger partial charge in [0.15, 0.2) is 0 Å². The van der Waals surface area contributed by atoms with Gasteiger partial charge in [0.1, 0.15) is 0 Å². The molecule has 0 saturated heterocycles. The number of likely N-dealkylation sites (N-methyl/N-ethyl adjacent to an activating group) is 1. The fraction of sp³-hybridized carbons (Fsp3) is 0.333. The molecule has 1 unspecified atom stereocenters. The fourth-order valence-corrected chi connectivity index (χ4v) is 4.04. The van der Waals surface area contributed by atoms with Crippen molar-refractivity contribution in [2.75, 3.05) is 18.9 Å². The highest BCUT2D eigenvalue weighted by Crippen LogP contribution is 2.26. The molecule has 1 atom stereocenters. The Morgan fingerprint density at radius 1 is 1.11 bits per heavy atom. The lowest BCUT2D eigenvalue weighted by atomic mass is 10.1. The summed E-state index contributed by atoms with van der Waals surface area (Å²) >= 11 is 7.33. The highest BCUT2D eigenvalue weighted by molar-refractivity contribution is 8.00. The van der Waals surface area contributed by atoms with Gasteiger partial charge in [-0.2, -0.15) is 0 Å². The summed E-state index contributed by atoms with van der Waals surface area (Å²) < 4.78 is 0. The number of anilines is 1. The van der Waals surface area contributed by atoms with Crippen molar-refractivity contribution in [2.24, 2.45) is 0 Å². The number of thioether (sulfide) groups is 1. The quantitative estimate of drug-likeness (QED) is 0.700. The molecule has 6 heteroatoms. The van der Waals surface area contributed by atoms with Crippen LogP contribution in [0.1, 0.15) is 23.6 Å². The van der Waals surface area contributed by atoms with E-state index in [1.807, 2.05) is 52.0 Å². The molecular formula is C21H25ClN2O2S. The third kappa shape index (κ3) is 6.01. The van der Waals surface area contributed by atoms with E-state index in [2.05, 4.69) is 5.32 Å². The van der Waals surface area contributed by atoms with E-state index in [9.17, 15) is 9.59 Å². The fourth-order valence-electron chi connectivity index (χ4n) is 2.93. The lowest BCUT2D eigenvalue weighted by Crippen LogP contribution is -2.39. The van der Waals surface area contributed by atoms with Gasteiger partial charge in [-0.1, -0.05) is 29.3 Å². The summed E-state index contributed by atoms with van der Waals surface area (Å²) in [6, 6.07) is 11.4. The van der Waals surface area contributed by atoms with E-state index in [1.54, 1.807) is 19.2 Å². The maximum Gasteiger partial charge on any atom is 0.243 e. The zero-order valence-corrected chi connectivity index (χ0v) is 17.9. The van der Waals surface area contributed by atoms with Crippen molar-refractivity contribution in [1.82, 2.24) is 4.90 Å². The number of nitrogens with zero attached hydrogens (tertiary/aromatic N) is 1. The Labute approximate surface area is 170 Å². The van der Waals surface area contributed by atoms with Crippen LogP contribution in [0.4, 0.5) is 5.69 Å². The Hall–Kier alpha value is -1.98. The van der Waals surface area contributed by atoms with E-state index in [0.717, 1.165) is 27.3 Å². The summed E-state index contributed by atoms with van der Waals surface area (Å²) in [6.45, 7) is 7.81. The molecule has 0 aliphatic carbocycles. The van der Waals surface area contributed by atoms with Gasteiger partial charge < -0.3 is 10.2 Å². The summed E-state index contributed by atoms with van der Waals surface area (Å²) in [5.74, 6) is -0.299. The third-order valence-electron chi connectivity index (χ3n) is 4.17. The number of aryl methyl sites for hydroxylation is 3. The van der Waals surface area contributed by atoms with Gasteiger partial charge in [0.25, 0.3) is 0 Å². The Morgan fingerprint density at radius 2 is 1.67 bits per heavy atom. The second-order valence-electron chi connectivity index (χ2n) is 6.73. The summed E-state index contributed by atoms with van der Waals surface area (Å²) in [7, 11) is 1.65. The third-order valence-corrected chi connectivity index (χ3v) is 5.52. The molecule has 27 heavy (non-hydrogen) atoms. The topological polar surface area (TPSA) is 49.4 Å². The highest BCUT2D eigenvalue weighted by Gasteiger charge is 2.21. The Bertz CT molecular complexity index is 814. The van der Waals surface area contributed by atoms with Crippen LogP contribution in [0.3, 0.4) is 0 Å². The van der Waals surface area contributed by atoms with Crippen molar-refractivity contribution in [3.63, 3.8) is 0 Å². The first kappa shape index (κ1) is 21.3. The minimum Gasteiger partial charge on any atom is -0.335 e. The molecule has 2 aromatic carbocycles. The Kier molecular flexibility index (Phi) is 7.33. The molecule has 2 aromatic rings. The monoisotopic (exact) mass is 404 g/mol. The zero-order chi connectivity index (χ0) is 20.1. The Balaban J connectivity index is 1.95. The molecule has 0 bridgehead atoms. The molecule has 0 spiro atoms. The molecule has 0 radical (unpaired) electrons. The molecule has 0 heterocycles. The number of carbonyl (C=O) groups is 2. The number of rotatable bonds is 6. The second-order valence-corrected chi connectivity index (χ2v) is 8.58. The number of hydrogen-bond donors (Lipinski definition) is 1. The molecule has 0 aliphatic heterocycles. The van der Waals surface area contributed by atoms with Crippen LogP contribution in [-0.2, 0) is 9.59 Å². The van der Waals surface area contributed by atoms with Crippen LogP contribution >= 0.6 is 23.4 Å². The molecule has 1 N–H and O–H groups in total. The number of nitrogens with one attached hydrogen (secondary N) is 1. The van der Waals surface area contributed by atoms with E-state index in [-0.39, 0.29) is 23.6 Å². The van der Waals surface area contributed by atoms with Crippen molar-refractivity contribution < 1.29 is 9.59 Å². The molecular weight excluding hydrogens is 380 g/mol. The van der Waals surface area contributed by atoms with Crippen molar-refractivity contribution >= 4 is 40.9 Å². The van der Waals surface area contributed by atoms with E-state index in [4.69, 9.17) is 11.6 Å².